The number of amides is 1. The normalized spacial score (nSPS) is 17.4. The molecule has 1 saturated carbocycles. The summed E-state index contributed by atoms with van der Waals surface area (Å²) in [5.41, 5.74) is 0.594. The molecule has 6 nitrogen and oxygen atoms in total. The number of aromatic amines is 1. The molecule has 1 aromatic heterocycles. The third kappa shape index (κ3) is 5.67. The van der Waals surface area contributed by atoms with E-state index >= 15 is 0 Å². The molecule has 1 unspecified atom stereocenters. The number of imidazole rings is 1. The van der Waals surface area contributed by atoms with Crippen molar-refractivity contribution in [2.24, 2.45) is 5.92 Å². The third-order valence-electron chi connectivity index (χ3n) is 3.94. The summed E-state index contributed by atoms with van der Waals surface area (Å²) in [5.74, 6) is 0.609. The van der Waals surface area contributed by atoms with E-state index in [-0.39, 0.29) is 12.1 Å². The van der Waals surface area contributed by atoms with Crippen LogP contribution >= 0.6 is 0 Å². The number of rotatable bonds is 6. The Morgan fingerprint density at radius 3 is 2.77 bits per heavy atom. The summed E-state index contributed by atoms with van der Waals surface area (Å²) < 4.78 is 5.31. The van der Waals surface area contributed by atoms with Crippen LogP contribution in [0.3, 0.4) is 0 Å². The number of carbonyl (C=O) groups excluding carboxylic acids is 1. The molecule has 1 amide bonds. The minimum atomic E-state index is -0.462. The van der Waals surface area contributed by atoms with Crippen molar-refractivity contribution in [3.8, 4) is 0 Å². The van der Waals surface area contributed by atoms with E-state index in [1.54, 1.807) is 6.33 Å². The molecule has 6 heteroatoms. The standard InChI is InChI=1S/C16H28N4O2/c1-16(2,3)22-15(21)19-10-14(12-6-4-5-7-12)18-9-13-8-17-11-20-13/h8,11-12,14,18H,4-7,9-10H2,1-3H3,(H,17,20)(H,19,21). The van der Waals surface area contributed by atoms with E-state index in [0.717, 1.165) is 12.2 Å². The fourth-order valence-electron chi connectivity index (χ4n) is 2.90. The second kappa shape index (κ2) is 7.63. The summed E-state index contributed by atoms with van der Waals surface area (Å²) in [5, 5.41) is 6.44. The van der Waals surface area contributed by atoms with Crippen molar-refractivity contribution in [1.82, 2.24) is 20.6 Å². The molecule has 0 aliphatic heterocycles. The summed E-state index contributed by atoms with van der Waals surface area (Å²) in [4.78, 5) is 19.0. The van der Waals surface area contributed by atoms with Gasteiger partial charge in [-0.2, -0.15) is 0 Å². The van der Waals surface area contributed by atoms with E-state index in [4.69, 9.17) is 4.74 Å². The van der Waals surface area contributed by atoms with Crippen molar-refractivity contribution in [3.05, 3.63) is 18.2 Å². The lowest BCUT2D eigenvalue weighted by Gasteiger charge is -2.26. The van der Waals surface area contributed by atoms with Crippen LogP contribution in [0.15, 0.2) is 12.5 Å². The maximum atomic E-state index is 11.8. The van der Waals surface area contributed by atoms with Crippen LogP contribution in [0.4, 0.5) is 4.79 Å². The van der Waals surface area contributed by atoms with Crippen LogP contribution in [0.25, 0.3) is 0 Å². The maximum Gasteiger partial charge on any atom is 0.407 e. The second-order valence-corrected chi connectivity index (χ2v) is 6.99. The van der Waals surface area contributed by atoms with Crippen molar-refractivity contribution < 1.29 is 9.53 Å². The van der Waals surface area contributed by atoms with Crippen LogP contribution in [0.1, 0.15) is 52.1 Å². The molecule has 0 aromatic carbocycles. The number of hydrogen-bond donors (Lipinski definition) is 3. The Bertz CT molecular complexity index is 447. The lowest BCUT2D eigenvalue weighted by atomic mass is 9.98. The average Bonchev–Trinajstić information content (AvgIpc) is 3.09. The van der Waals surface area contributed by atoms with Gasteiger partial charge < -0.3 is 20.4 Å². The Hall–Kier alpha value is -1.56. The fourth-order valence-corrected chi connectivity index (χ4v) is 2.90. The molecule has 3 N–H and O–H groups in total. The Kier molecular flexibility index (Phi) is 5.83. The maximum absolute atomic E-state index is 11.8. The van der Waals surface area contributed by atoms with Gasteiger partial charge in [-0.05, 0) is 39.5 Å². The van der Waals surface area contributed by atoms with Crippen LogP contribution in [0.5, 0.6) is 0 Å². The highest BCUT2D eigenvalue weighted by molar-refractivity contribution is 5.67. The third-order valence-corrected chi connectivity index (χ3v) is 3.94. The van der Waals surface area contributed by atoms with Crippen LogP contribution < -0.4 is 10.6 Å². The molecular weight excluding hydrogens is 280 g/mol. The Morgan fingerprint density at radius 2 is 2.18 bits per heavy atom. The van der Waals surface area contributed by atoms with Crippen molar-refractivity contribution in [3.63, 3.8) is 0 Å². The molecule has 0 bridgehead atoms. The van der Waals surface area contributed by atoms with Crippen molar-refractivity contribution in [2.75, 3.05) is 6.54 Å². The topological polar surface area (TPSA) is 79.0 Å². The number of hydrogen-bond acceptors (Lipinski definition) is 4. The molecule has 1 fully saturated rings. The second-order valence-electron chi connectivity index (χ2n) is 6.99. The molecule has 1 aromatic rings. The molecule has 1 aliphatic carbocycles. The van der Waals surface area contributed by atoms with Gasteiger partial charge in [0.25, 0.3) is 0 Å². The van der Waals surface area contributed by atoms with Crippen LogP contribution in [-0.4, -0.2) is 34.2 Å². The minimum absolute atomic E-state index is 0.262. The first-order chi connectivity index (χ1) is 10.4. The lowest BCUT2D eigenvalue weighted by molar-refractivity contribution is 0.0518. The molecule has 2 rings (SSSR count). The number of alkyl carbamates (subject to hydrolysis) is 1. The Labute approximate surface area is 132 Å². The largest absolute Gasteiger partial charge is 0.444 e. The number of carbonyl (C=O) groups is 1. The molecule has 1 aliphatic rings. The predicted octanol–water partition coefficient (Wildman–Crippen LogP) is 2.58. The van der Waals surface area contributed by atoms with E-state index in [0.29, 0.717) is 12.5 Å². The summed E-state index contributed by atoms with van der Waals surface area (Å²) in [6, 6.07) is 0.262. The number of H-pyrrole nitrogens is 1. The molecular formula is C16H28N4O2. The molecule has 1 heterocycles. The molecule has 0 spiro atoms. The monoisotopic (exact) mass is 308 g/mol. The summed E-state index contributed by atoms with van der Waals surface area (Å²) in [6.07, 6.45) is 8.14. The Morgan fingerprint density at radius 1 is 1.45 bits per heavy atom. The highest BCUT2D eigenvalue weighted by Gasteiger charge is 2.26. The van der Waals surface area contributed by atoms with Gasteiger partial charge in [0.1, 0.15) is 5.60 Å². The summed E-state index contributed by atoms with van der Waals surface area (Å²) in [6.45, 7) is 6.94. The summed E-state index contributed by atoms with van der Waals surface area (Å²) >= 11 is 0. The van der Waals surface area contributed by atoms with Crippen LogP contribution in [0, 0.1) is 5.92 Å². The molecule has 1 atom stereocenters. The van der Waals surface area contributed by atoms with Gasteiger partial charge >= 0.3 is 6.09 Å². The van der Waals surface area contributed by atoms with E-state index in [2.05, 4.69) is 20.6 Å². The minimum Gasteiger partial charge on any atom is -0.444 e. The van der Waals surface area contributed by atoms with E-state index in [1.807, 2.05) is 27.0 Å². The number of aromatic nitrogens is 2. The number of nitrogens with zero attached hydrogens (tertiary/aromatic N) is 1. The van der Waals surface area contributed by atoms with Gasteiger partial charge in [0.05, 0.1) is 6.33 Å². The van der Waals surface area contributed by atoms with E-state index in [9.17, 15) is 4.79 Å². The van der Waals surface area contributed by atoms with Gasteiger partial charge in [-0.25, -0.2) is 9.78 Å². The van der Waals surface area contributed by atoms with Gasteiger partial charge in [-0.1, -0.05) is 12.8 Å². The van der Waals surface area contributed by atoms with Gasteiger partial charge in [-0.15, -0.1) is 0 Å². The molecule has 22 heavy (non-hydrogen) atoms. The first-order valence-electron chi connectivity index (χ1n) is 8.11. The zero-order valence-electron chi connectivity index (χ0n) is 13.8. The smallest absolute Gasteiger partial charge is 0.407 e. The van der Waals surface area contributed by atoms with Gasteiger partial charge in [0.2, 0.25) is 0 Å². The zero-order chi connectivity index (χ0) is 16.0. The lowest BCUT2D eigenvalue weighted by Crippen LogP contribution is -2.45. The van der Waals surface area contributed by atoms with Gasteiger partial charge in [0.15, 0.2) is 0 Å². The average molecular weight is 308 g/mol. The number of nitrogens with one attached hydrogen (secondary N) is 3. The highest BCUT2D eigenvalue weighted by atomic mass is 16.6. The Balaban J connectivity index is 1.83. The molecule has 124 valence electrons. The number of ether oxygens (including phenoxy) is 1. The van der Waals surface area contributed by atoms with E-state index < -0.39 is 5.60 Å². The van der Waals surface area contributed by atoms with Crippen molar-refractivity contribution >= 4 is 6.09 Å². The van der Waals surface area contributed by atoms with Gasteiger partial charge in [0, 0.05) is 31.0 Å². The highest BCUT2D eigenvalue weighted by Crippen LogP contribution is 2.27. The van der Waals surface area contributed by atoms with Crippen LogP contribution in [-0.2, 0) is 11.3 Å². The SMILES string of the molecule is CC(C)(C)OC(=O)NCC(NCc1cnc[nH]1)C1CCCC1. The fraction of sp³-hybridized carbons (Fsp3) is 0.750. The first-order valence-corrected chi connectivity index (χ1v) is 8.11. The first kappa shape index (κ1) is 16.8. The van der Waals surface area contributed by atoms with Gasteiger partial charge in [-0.3, -0.25) is 0 Å². The molecule has 0 saturated heterocycles. The predicted molar refractivity (Wildman–Crippen MR) is 85.4 cm³/mol. The van der Waals surface area contributed by atoms with Crippen molar-refractivity contribution in [1.29, 1.82) is 0 Å². The van der Waals surface area contributed by atoms with Crippen LogP contribution in [0.2, 0.25) is 0 Å². The summed E-state index contributed by atoms with van der Waals surface area (Å²) in [7, 11) is 0. The van der Waals surface area contributed by atoms with Crippen molar-refractivity contribution in [2.45, 2.75) is 64.6 Å². The molecule has 0 radical (unpaired) electrons. The quantitative estimate of drug-likeness (QED) is 0.754. The van der Waals surface area contributed by atoms with E-state index in [1.165, 1.54) is 25.7 Å². The zero-order valence-corrected chi connectivity index (χ0v) is 13.8.